The third-order valence-corrected chi connectivity index (χ3v) is 0.773. The molecule has 3 heteroatoms. The molecule has 0 saturated carbocycles. The number of hydrogen-bond acceptors (Lipinski definition) is 3. The maximum absolute atomic E-state index is 8.28. The van der Waals surface area contributed by atoms with Gasteiger partial charge in [0, 0.05) is 12.1 Å². The van der Waals surface area contributed by atoms with Crippen LogP contribution < -0.4 is 5.73 Å². The van der Waals surface area contributed by atoms with Gasteiger partial charge in [0.2, 0.25) is 0 Å². The van der Waals surface area contributed by atoms with Crippen molar-refractivity contribution >= 4 is 0 Å². The van der Waals surface area contributed by atoms with Crippen LogP contribution in [0.3, 0.4) is 0 Å². The molecule has 0 fully saturated rings. The lowest BCUT2D eigenvalue weighted by Gasteiger charge is -2.12. The number of aliphatic hydroxyl groups is 2. The molecule has 0 radical (unpaired) electrons. The SMILES string of the molecule is CC(C)(N)CO.CC(C)CO. The molecule has 0 aromatic rings. The van der Waals surface area contributed by atoms with Crippen molar-refractivity contribution in [3.8, 4) is 0 Å². The lowest BCUT2D eigenvalue weighted by Crippen LogP contribution is -2.35. The highest BCUT2D eigenvalue weighted by molar-refractivity contribution is 4.67. The molecule has 0 unspecified atom stereocenters. The molecule has 70 valence electrons. The fraction of sp³-hybridized carbons (Fsp3) is 1.00. The summed E-state index contributed by atoms with van der Waals surface area (Å²) in [6.45, 7) is 7.84. The molecule has 0 bridgehead atoms. The van der Waals surface area contributed by atoms with E-state index in [9.17, 15) is 0 Å². The van der Waals surface area contributed by atoms with E-state index in [4.69, 9.17) is 15.9 Å². The molecular formula is C8H21NO2. The molecule has 0 aliphatic rings. The van der Waals surface area contributed by atoms with Crippen LogP contribution in [0, 0.1) is 5.92 Å². The summed E-state index contributed by atoms with van der Waals surface area (Å²) in [5.74, 6) is 0.440. The molecule has 0 aliphatic carbocycles. The fourth-order valence-electron chi connectivity index (χ4n) is 0. The Morgan fingerprint density at radius 3 is 1.45 bits per heavy atom. The zero-order valence-electron chi connectivity index (χ0n) is 7.96. The van der Waals surface area contributed by atoms with Crippen molar-refractivity contribution in [2.75, 3.05) is 13.2 Å². The Hall–Kier alpha value is -0.120. The van der Waals surface area contributed by atoms with Crippen molar-refractivity contribution in [3.05, 3.63) is 0 Å². The summed E-state index contributed by atoms with van der Waals surface area (Å²) in [5, 5.41) is 16.4. The van der Waals surface area contributed by atoms with Crippen LogP contribution in [-0.4, -0.2) is 29.0 Å². The molecule has 0 aromatic carbocycles. The average Bonchev–Trinajstić information content (AvgIpc) is 1.88. The molecule has 0 aromatic heterocycles. The first kappa shape index (κ1) is 13.5. The van der Waals surface area contributed by atoms with Crippen LogP contribution in [0.4, 0.5) is 0 Å². The second kappa shape index (κ2) is 6.58. The summed E-state index contributed by atoms with van der Waals surface area (Å²) in [6.07, 6.45) is 0. The highest BCUT2D eigenvalue weighted by atomic mass is 16.3. The van der Waals surface area contributed by atoms with Gasteiger partial charge in [-0.3, -0.25) is 0 Å². The van der Waals surface area contributed by atoms with Crippen molar-refractivity contribution < 1.29 is 10.2 Å². The zero-order valence-corrected chi connectivity index (χ0v) is 7.96. The molecule has 0 heterocycles. The van der Waals surface area contributed by atoms with Gasteiger partial charge in [-0.2, -0.15) is 0 Å². The van der Waals surface area contributed by atoms with E-state index in [0.717, 1.165) is 0 Å². The van der Waals surface area contributed by atoms with Crippen LogP contribution >= 0.6 is 0 Å². The van der Waals surface area contributed by atoms with E-state index in [2.05, 4.69) is 0 Å². The van der Waals surface area contributed by atoms with Gasteiger partial charge in [-0.15, -0.1) is 0 Å². The summed E-state index contributed by atoms with van der Waals surface area (Å²) < 4.78 is 0. The lowest BCUT2D eigenvalue weighted by molar-refractivity contribution is 0.221. The van der Waals surface area contributed by atoms with Crippen LogP contribution in [0.25, 0.3) is 0 Å². The van der Waals surface area contributed by atoms with Crippen LogP contribution in [0.5, 0.6) is 0 Å². The maximum Gasteiger partial charge on any atom is 0.0605 e. The van der Waals surface area contributed by atoms with Crippen molar-refractivity contribution in [3.63, 3.8) is 0 Å². The predicted octanol–water partition coefficient (Wildman–Crippen LogP) is 0.351. The van der Waals surface area contributed by atoms with Crippen molar-refractivity contribution in [1.82, 2.24) is 0 Å². The van der Waals surface area contributed by atoms with Crippen LogP contribution in [0.1, 0.15) is 27.7 Å². The summed E-state index contributed by atoms with van der Waals surface area (Å²) >= 11 is 0. The van der Waals surface area contributed by atoms with Crippen molar-refractivity contribution in [1.29, 1.82) is 0 Å². The molecule has 0 saturated heterocycles. The Morgan fingerprint density at radius 1 is 1.27 bits per heavy atom. The molecule has 0 rings (SSSR count). The first-order valence-electron chi connectivity index (χ1n) is 3.84. The second-order valence-electron chi connectivity index (χ2n) is 3.72. The minimum absolute atomic E-state index is 0.0486. The molecule has 0 amide bonds. The highest BCUT2D eigenvalue weighted by Crippen LogP contribution is 1.90. The van der Waals surface area contributed by atoms with Gasteiger partial charge in [0.1, 0.15) is 0 Å². The van der Waals surface area contributed by atoms with Gasteiger partial charge in [-0.05, 0) is 19.8 Å². The van der Waals surface area contributed by atoms with E-state index in [1.54, 1.807) is 13.8 Å². The highest BCUT2D eigenvalue weighted by Gasteiger charge is 2.05. The summed E-state index contributed by atoms with van der Waals surface area (Å²) in [6, 6.07) is 0. The van der Waals surface area contributed by atoms with E-state index in [-0.39, 0.29) is 6.61 Å². The Bertz CT molecular complexity index is 76.7. The molecule has 0 atom stereocenters. The fourth-order valence-corrected chi connectivity index (χ4v) is 0. The van der Waals surface area contributed by atoms with Gasteiger partial charge in [-0.25, -0.2) is 0 Å². The number of rotatable bonds is 2. The van der Waals surface area contributed by atoms with Gasteiger partial charge in [0.15, 0.2) is 0 Å². The van der Waals surface area contributed by atoms with E-state index in [0.29, 0.717) is 12.5 Å². The van der Waals surface area contributed by atoms with E-state index < -0.39 is 5.54 Å². The van der Waals surface area contributed by atoms with Crippen molar-refractivity contribution in [2.24, 2.45) is 11.7 Å². The largest absolute Gasteiger partial charge is 0.396 e. The Balaban J connectivity index is 0. The van der Waals surface area contributed by atoms with E-state index in [1.807, 2.05) is 13.8 Å². The minimum Gasteiger partial charge on any atom is -0.396 e. The van der Waals surface area contributed by atoms with Gasteiger partial charge in [-0.1, -0.05) is 13.8 Å². The van der Waals surface area contributed by atoms with Crippen LogP contribution in [0.2, 0.25) is 0 Å². The predicted molar refractivity (Wildman–Crippen MR) is 47.3 cm³/mol. The first-order chi connectivity index (χ1) is 4.83. The Morgan fingerprint density at radius 2 is 1.45 bits per heavy atom. The molecule has 0 spiro atoms. The lowest BCUT2D eigenvalue weighted by atomic mass is 10.1. The average molecular weight is 163 g/mol. The summed E-state index contributed by atoms with van der Waals surface area (Å²) in [7, 11) is 0. The van der Waals surface area contributed by atoms with E-state index in [1.165, 1.54) is 0 Å². The third-order valence-electron chi connectivity index (χ3n) is 0.773. The Labute approximate surface area is 69.2 Å². The molecule has 3 nitrogen and oxygen atoms in total. The molecular weight excluding hydrogens is 142 g/mol. The molecule has 0 aliphatic heterocycles. The smallest absolute Gasteiger partial charge is 0.0605 e. The molecule has 11 heavy (non-hydrogen) atoms. The number of hydrogen-bond donors (Lipinski definition) is 3. The topological polar surface area (TPSA) is 66.5 Å². The van der Waals surface area contributed by atoms with Gasteiger partial charge >= 0.3 is 0 Å². The van der Waals surface area contributed by atoms with Crippen LogP contribution in [0.15, 0.2) is 0 Å². The van der Waals surface area contributed by atoms with Crippen LogP contribution in [-0.2, 0) is 0 Å². The van der Waals surface area contributed by atoms with Crippen molar-refractivity contribution in [2.45, 2.75) is 33.2 Å². The zero-order chi connectivity index (χ0) is 9.49. The number of aliphatic hydroxyl groups excluding tert-OH is 2. The monoisotopic (exact) mass is 163 g/mol. The number of nitrogens with two attached hydrogens (primary N) is 1. The quantitative estimate of drug-likeness (QED) is 0.550. The second-order valence-corrected chi connectivity index (χ2v) is 3.72. The Kier molecular flexibility index (Phi) is 8.06. The summed E-state index contributed by atoms with van der Waals surface area (Å²) in [4.78, 5) is 0. The normalized spacial score (nSPS) is 10.9. The minimum atomic E-state index is -0.403. The standard InChI is InChI=1S/C4H11NO.C4H10O/c1-4(2,5)3-6;1-4(2)3-5/h6H,3,5H2,1-2H3;4-5H,3H2,1-2H3. The molecule has 4 N–H and O–H groups in total. The third kappa shape index (κ3) is 25.8. The maximum atomic E-state index is 8.28. The van der Waals surface area contributed by atoms with Gasteiger partial charge in [0.25, 0.3) is 0 Å². The summed E-state index contributed by atoms with van der Waals surface area (Å²) in [5.41, 5.74) is 4.88. The first-order valence-corrected chi connectivity index (χ1v) is 3.84. The van der Waals surface area contributed by atoms with E-state index >= 15 is 0 Å². The van der Waals surface area contributed by atoms with Gasteiger partial charge < -0.3 is 15.9 Å². The van der Waals surface area contributed by atoms with Gasteiger partial charge in [0.05, 0.1) is 6.61 Å².